The standard InChI is InChI=1S/C15H22O3/c1-2-17-4-3-14(16)18-15-8-11-5-12(9-15)7-13(6-11)10-15/h2,11-13H,1,3-10H2. The van der Waals surface area contributed by atoms with Crippen molar-refractivity contribution in [3.8, 4) is 0 Å². The molecule has 0 aromatic carbocycles. The summed E-state index contributed by atoms with van der Waals surface area (Å²) in [5.41, 5.74) is -0.111. The van der Waals surface area contributed by atoms with Gasteiger partial charge in [-0.3, -0.25) is 4.79 Å². The molecule has 4 aliphatic rings. The van der Waals surface area contributed by atoms with Crippen LogP contribution in [0.4, 0.5) is 0 Å². The molecule has 4 rings (SSSR count). The minimum absolute atomic E-state index is 0.0983. The van der Waals surface area contributed by atoms with E-state index in [2.05, 4.69) is 6.58 Å². The van der Waals surface area contributed by atoms with E-state index >= 15 is 0 Å². The van der Waals surface area contributed by atoms with Crippen LogP contribution < -0.4 is 0 Å². The van der Waals surface area contributed by atoms with E-state index in [9.17, 15) is 4.79 Å². The summed E-state index contributed by atoms with van der Waals surface area (Å²) in [7, 11) is 0. The van der Waals surface area contributed by atoms with Crippen molar-refractivity contribution >= 4 is 5.97 Å². The highest BCUT2D eigenvalue weighted by Gasteiger charge is 2.53. The number of carbonyl (C=O) groups is 1. The zero-order valence-corrected chi connectivity index (χ0v) is 10.9. The first-order valence-corrected chi connectivity index (χ1v) is 7.13. The van der Waals surface area contributed by atoms with E-state index in [1.807, 2.05) is 0 Å². The zero-order chi connectivity index (χ0) is 12.6. The van der Waals surface area contributed by atoms with Crippen LogP contribution in [0, 0.1) is 17.8 Å². The SMILES string of the molecule is C=COCCC(=O)OC12CC3CC(CC(C3)C1)C2. The quantitative estimate of drug-likeness (QED) is 0.427. The van der Waals surface area contributed by atoms with Crippen molar-refractivity contribution in [3.63, 3.8) is 0 Å². The van der Waals surface area contributed by atoms with E-state index in [1.54, 1.807) is 0 Å². The van der Waals surface area contributed by atoms with Gasteiger partial charge >= 0.3 is 5.97 Å². The molecule has 0 radical (unpaired) electrons. The molecule has 0 amide bonds. The third-order valence-electron chi connectivity index (χ3n) is 4.85. The maximum atomic E-state index is 11.9. The van der Waals surface area contributed by atoms with Crippen LogP contribution >= 0.6 is 0 Å². The van der Waals surface area contributed by atoms with E-state index in [1.165, 1.54) is 25.5 Å². The molecule has 0 aromatic heterocycles. The number of hydrogen-bond donors (Lipinski definition) is 0. The summed E-state index contributed by atoms with van der Waals surface area (Å²) < 4.78 is 10.8. The van der Waals surface area contributed by atoms with Crippen LogP contribution in [0.25, 0.3) is 0 Å². The van der Waals surface area contributed by atoms with Gasteiger partial charge in [0.15, 0.2) is 0 Å². The van der Waals surface area contributed by atoms with Crippen molar-refractivity contribution in [3.05, 3.63) is 12.8 Å². The van der Waals surface area contributed by atoms with Gasteiger partial charge in [-0.25, -0.2) is 0 Å². The average Bonchev–Trinajstić information content (AvgIpc) is 2.26. The Morgan fingerprint density at radius 2 is 1.72 bits per heavy atom. The van der Waals surface area contributed by atoms with E-state index in [-0.39, 0.29) is 11.6 Å². The third-order valence-corrected chi connectivity index (χ3v) is 4.85. The van der Waals surface area contributed by atoms with Gasteiger partial charge in [0.25, 0.3) is 0 Å². The van der Waals surface area contributed by atoms with E-state index in [4.69, 9.17) is 9.47 Å². The molecule has 0 saturated heterocycles. The fourth-order valence-corrected chi connectivity index (χ4v) is 4.67. The van der Waals surface area contributed by atoms with Gasteiger partial charge < -0.3 is 9.47 Å². The van der Waals surface area contributed by atoms with Gasteiger partial charge in [-0.15, -0.1) is 0 Å². The number of ether oxygens (including phenoxy) is 2. The fourth-order valence-electron chi connectivity index (χ4n) is 4.67. The minimum Gasteiger partial charge on any atom is -0.501 e. The van der Waals surface area contributed by atoms with Gasteiger partial charge in [-0.05, 0) is 56.3 Å². The molecular formula is C15H22O3. The van der Waals surface area contributed by atoms with Gasteiger partial charge in [0.2, 0.25) is 0 Å². The van der Waals surface area contributed by atoms with Crippen LogP contribution in [0.1, 0.15) is 44.9 Å². The van der Waals surface area contributed by atoms with Crippen molar-refractivity contribution in [1.82, 2.24) is 0 Å². The van der Waals surface area contributed by atoms with Crippen LogP contribution in [-0.2, 0) is 14.3 Å². The second-order valence-corrected chi connectivity index (χ2v) is 6.36. The summed E-state index contributed by atoms with van der Waals surface area (Å²) in [6.07, 6.45) is 9.14. The molecule has 0 aromatic rings. The summed E-state index contributed by atoms with van der Waals surface area (Å²) >= 11 is 0. The molecule has 4 saturated carbocycles. The fraction of sp³-hybridized carbons (Fsp3) is 0.800. The predicted molar refractivity (Wildman–Crippen MR) is 67.8 cm³/mol. The molecule has 0 spiro atoms. The van der Waals surface area contributed by atoms with Gasteiger partial charge in [-0.2, -0.15) is 0 Å². The maximum Gasteiger partial charge on any atom is 0.309 e. The topological polar surface area (TPSA) is 35.5 Å². The van der Waals surface area contributed by atoms with E-state index < -0.39 is 0 Å². The van der Waals surface area contributed by atoms with Gasteiger partial charge in [0, 0.05) is 0 Å². The van der Waals surface area contributed by atoms with Gasteiger partial charge in [-0.1, -0.05) is 6.58 Å². The largest absolute Gasteiger partial charge is 0.501 e. The molecule has 0 heterocycles. The van der Waals surface area contributed by atoms with Crippen LogP contribution in [0.5, 0.6) is 0 Å². The Morgan fingerprint density at radius 3 is 2.22 bits per heavy atom. The van der Waals surface area contributed by atoms with Crippen LogP contribution in [-0.4, -0.2) is 18.2 Å². The second-order valence-electron chi connectivity index (χ2n) is 6.36. The number of hydrogen-bond acceptors (Lipinski definition) is 3. The molecule has 0 aliphatic heterocycles. The van der Waals surface area contributed by atoms with Crippen molar-refractivity contribution < 1.29 is 14.3 Å². The minimum atomic E-state index is -0.111. The number of esters is 1. The monoisotopic (exact) mass is 250 g/mol. The first kappa shape index (κ1) is 12.1. The highest BCUT2D eigenvalue weighted by Crippen LogP contribution is 2.57. The number of rotatable bonds is 5. The van der Waals surface area contributed by atoms with E-state index in [0.717, 1.165) is 37.0 Å². The van der Waals surface area contributed by atoms with Gasteiger partial charge in [0.05, 0.1) is 19.3 Å². The molecule has 0 atom stereocenters. The van der Waals surface area contributed by atoms with E-state index in [0.29, 0.717) is 13.0 Å². The maximum absolute atomic E-state index is 11.9. The number of carbonyl (C=O) groups excluding carboxylic acids is 1. The Kier molecular flexibility index (Phi) is 3.08. The van der Waals surface area contributed by atoms with Crippen LogP contribution in [0.2, 0.25) is 0 Å². The normalized spacial score (nSPS) is 40.6. The van der Waals surface area contributed by atoms with Crippen molar-refractivity contribution in [2.75, 3.05) is 6.61 Å². The Balaban J connectivity index is 1.58. The Morgan fingerprint density at radius 1 is 1.17 bits per heavy atom. The highest BCUT2D eigenvalue weighted by atomic mass is 16.6. The Labute approximate surface area is 109 Å². The summed E-state index contributed by atoms with van der Waals surface area (Å²) in [4.78, 5) is 11.9. The molecule has 3 nitrogen and oxygen atoms in total. The predicted octanol–water partition coefficient (Wildman–Crippen LogP) is 3.05. The molecule has 3 heteroatoms. The summed E-state index contributed by atoms with van der Waals surface area (Å²) in [6.45, 7) is 3.85. The highest BCUT2D eigenvalue weighted by molar-refractivity contribution is 5.70. The average molecular weight is 250 g/mol. The molecule has 4 fully saturated rings. The lowest BCUT2D eigenvalue weighted by Crippen LogP contribution is -2.52. The van der Waals surface area contributed by atoms with Crippen molar-refractivity contribution in [2.24, 2.45) is 17.8 Å². The third kappa shape index (κ3) is 2.27. The Bertz CT molecular complexity index is 312. The second kappa shape index (κ2) is 4.60. The van der Waals surface area contributed by atoms with Gasteiger partial charge in [0.1, 0.15) is 5.60 Å². The summed E-state index contributed by atoms with van der Waals surface area (Å²) in [5.74, 6) is 2.34. The lowest BCUT2D eigenvalue weighted by molar-refractivity contribution is -0.187. The van der Waals surface area contributed by atoms with Crippen molar-refractivity contribution in [1.29, 1.82) is 0 Å². The molecule has 0 unspecified atom stereocenters. The zero-order valence-electron chi connectivity index (χ0n) is 10.9. The molecule has 100 valence electrons. The van der Waals surface area contributed by atoms with Crippen molar-refractivity contribution in [2.45, 2.75) is 50.5 Å². The van der Waals surface area contributed by atoms with Crippen LogP contribution in [0.15, 0.2) is 12.8 Å². The first-order valence-electron chi connectivity index (χ1n) is 7.13. The lowest BCUT2D eigenvalue weighted by Gasteiger charge is -2.55. The smallest absolute Gasteiger partial charge is 0.309 e. The molecule has 0 N–H and O–H groups in total. The lowest BCUT2D eigenvalue weighted by atomic mass is 9.54. The molecule has 18 heavy (non-hydrogen) atoms. The van der Waals surface area contributed by atoms with Crippen LogP contribution in [0.3, 0.4) is 0 Å². The molecular weight excluding hydrogens is 228 g/mol. The summed E-state index contributed by atoms with van der Waals surface area (Å²) in [6, 6.07) is 0. The molecule has 4 bridgehead atoms. The summed E-state index contributed by atoms with van der Waals surface area (Å²) in [5, 5.41) is 0. The first-order chi connectivity index (χ1) is 8.69. The Hall–Kier alpha value is -0.990. The molecule has 4 aliphatic carbocycles.